The summed E-state index contributed by atoms with van der Waals surface area (Å²) in [6.45, 7) is 6.21. The summed E-state index contributed by atoms with van der Waals surface area (Å²) >= 11 is 0. The number of amides is 2. The van der Waals surface area contributed by atoms with Crippen LogP contribution in [0.5, 0.6) is 0 Å². The summed E-state index contributed by atoms with van der Waals surface area (Å²) in [5, 5.41) is 0. The number of ether oxygens (including phenoxy) is 1. The molecular weight excluding hydrogens is 320 g/mol. The van der Waals surface area contributed by atoms with Crippen LogP contribution in [0.3, 0.4) is 0 Å². The number of nitrogens with one attached hydrogen (secondary N) is 1. The van der Waals surface area contributed by atoms with Crippen LogP contribution in [-0.4, -0.2) is 64.1 Å². The lowest BCUT2D eigenvalue weighted by Crippen LogP contribution is -2.53. The molecule has 0 radical (unpaired) electrons. The van der Waals surface area contributed by atoms with E-state index in [-0.39, 0.29) is 18.0 Å². The van der Waals surface area contributed by atoms with E-state index in [1.54, 1.807) is 4.90 Å². The lowest BCUT2D eigenvalue weighted by molar-refractivity contribution is -0.133. The molecule has 0 unspecified atom stereocenters. The summed E-state index contributed by atoms with van der Waals surface area (Å²) in [6, 6.07) is 4.11. The number of imidazole rings is 1. The highest BCUT2D eigenvalue weighted by molar-refractivity contribution is 5.80. The third-order valence-corrected chi connectivity index (χ3v) is 5.27. The highest BCUT2D eigenvalue weighted by Gasteiger charge is 2.38. The number of carbonyl (C=O) groups excluding carboxylic acids is 2. The average molecular weight is 342 g/mol. The van der Waals surface area contributed by atoms with Gasteiger partial charge in [0.15, 0.2) is 0 Å². The minimum atomic E-state index is -0.259. The minimum Gasteiger partial charge on any atom is -0.447 e. The molecule has 7 heteroatoms. The molecule has 0 saturated carbocycles. The van der Waals surface area contributed by atoms with Crippen molar-refractivity contribution in [2.24, 2.45) is 0 Å². The molecule has 132 valence electrons. The first-order valence-corrected chi connectivity index (χ1v) is 8.69. The van der Waals surface area contributed by atoms with Gasteiger partial charge in [-0.25, -0.2) is 9.78 Å². The van der Waals surface area contributed by atoms with Gasteiger partial charge >= 0.3 is 6.09 Å². The molecule has 2 amide bonds. The minimum absolute atomic E-state index is 0.00188. The monoisotopic (exact) mass is 342 g/mol. The van der Waals surface area contributed by atoms with E-state index in [4.69, 9.17) is 4.74 Å². The van der Waals surface area contributed by atoms with E-state index in [0.29, 0.717) is 39.1 Å². The largest absolute Gasteiger partial charge is 0.447 e. The predicted octanol–water partition coefficient (Wildman–Crippen LogP) is 1.78. The zero-order valence-corrected chi connectivity index (χ0v) is 14.5. The van der Waals surface area contributed by atoms with Gasteiger partial charge in [-0.05, 0) is 31.0 Å². The Morgan fingerprint density at radius 3 is 3.04 bits per heavy atom. The number of rotatable bonds is 3. The standard InChI is InChI=1S/C18H22N4O3/c1-11-3-4-14-17(12(11)2)20-15(19-14)5-6-16(23)21-7-8-22-13(9-21)10-25-18(22)24/h3-4,13H,5-10H2,1-2H3,(H,19,20)/t13-/m0/s1. The van der Waals surface area contributed by atoms with E-state index in [1.807, 2.05) is 11.0 Å². The maximum atomic E-state index is 12.5. The van der Waals surface area contributed by atoms with E-state index in [1.165, 1.54) is 11.1 Å². The summed E-state index contributed by atoms with van der Waals surface area (Å²) < 4.78 is 5.05. The van der Waals surface area contributed by atoms with Crippen LogP contribution in [0.4, 0.5) is 4.79 Å². The van der Waals surface area contributed by atoms with Gasteiger partial charge < -0.3 is 14.6 Å². The number of hydrogen-bond donors (Lipinski definition) is 1. The van der Waals surface area contributed by atoms with Gasteiger partial charge in [0.2, 0.25) is 5.91 Å². The van der Waals surface area contributed by atoms with E-state index < -0.39 is 0 Å². The lowest BCUT2D eigenvalue weighted by atomic mass is 10.1. The van der Waals surface area contributed by atoms with Crippen LogP contribution in [0, 0.1) is 13.8 Å². The van der Waals surface area contributed by atoms with Gasteiger partial charge in [-0.3, -0.25) is 9.69 Å². The highest BCUT2D eigenvalue weighted by Crippen LogP contribution is 2.21. The predicted molar refractivity (Wildman–Crippen MR) is 92.3 cm³/mol. The van der Waals surface area contributed by atoms with Crippen LogP contribution < -0.4 is 0 Å². The van der Waals surface area contributed by atoms with Gasteiger partial charge in [0.05, 0.1) is 17.1 Å². The molecule has 1 N–H and O–H groups in total. The first kappa shape index (κ1) is 15.9. The number of nitrogens with zero attached hydrogens (tertiary/aromatic N) is 3. The summed E-state index contributed by atoms with van der Waals surface area (Å²) in [5.41, 5.74) is 4.39. The normalized spacial score (nSPS) is 20.1. The number of hydrogen-bond acceptors (Lipinski definition) is 4. The van der Waals surface area contributed by atoms with Crippen molar-refractivity contribution in [3.8, 4) is 0 Å². The van der Waals surface area contributed by atoms with Gasteiger partial charge in [0, 0.05) is 32.5 Å². The van der Waals surface area contributed by atoms with Gasteiger partial charge in [-0.1, -0.05) is 6.07 Å². The van der Waals surface area contributed by atoms with Crippen molar-refractivity contribution in [3.05, 3.63) is 29.1 Å². The topological polar surface area (TPSA) is 78.5 Å². The third-order valence-electron chi connectivity index (χ3n) is 5.27. The van der Waals surface area contributed by atoms with Gasteiger partial charge in [-0.2, -0.15) is 0 Å². The number of piperazine rings is 1. The van der Waals surface area contributed by atoms with Crippen LogP contribution in [0.25, 0.3) is 11.0 Å². The second kappa shape index (κ2) is 6.06. The molecule has 1 aromatic carbocycles. The fourth-order valence-electron chi connectivity index (χ4n) is 3.58. The molecule has 25 heavy (non-hydrogen) atoms. The Kier molecular flexibility index (Phi) is 3.86. The van der Waals surface area contributed by atoms with Crippen molar-refractivity contribution in [2.75, 3.05) is 26.2 Å². The first-order chi connectivity index (χ1) is 12.0. The van der Waals surface area contributed by atoms with Crippen LogP contribution in [0.1, 0.15) is 23.4 Å². The second-order valence-corrected chi connectivity index (χ2v) is 6.85. The smallest absolute Gasteiger partial charge is 0.410 e. The van der Waals surface area contributed by atoms with E-state index in [2.05, 4.69) is 29.9 Å². The van der Waals surface area contributed by atoms with Crippen LogP contribution in [0.2, 0.25) is 0 Å². The second-order valence-electron chi connectivity index (χ2n) is 6.85. The molecule has 2 aliphatic rings. The number of aryl methyl sites for hydroxylation is 3. The Morgan fingerprint density at radius 2 is 2.20 bits per heavy atom. The number of carbonyl (C=O) groups is 2. The van der Waals surface area contributed by atoms with E-state index in [9.17, 15) is 9.59 Å². The number of benzene rings is 1. The van der Waals surface area contributed by atoms with Crippen molar-refractivity contribution in [1.29, 1.82) is 0 Å². The molecule has 0 spiro atoms. The first-order valence-electron chi connectivity index (χ1n) is 8.69. The van der Waals surface area contributed by atoms with Crippen molar-refractivity contribution < 1.29 is 14.3 Å². The number of fused-ring (bicyclic) bond motifs is 2. The molecule has 1 aromatic heterocycles. The fraction of sp³-hybridized carbons (Fsp3) is 0.500. The molecule has 7 nitrogen and oxygen atoms in total. The summed E-state index contributed by atoms with van der Waals surface area (Å²) in [6.07, 6.45) is 0.746. The highest BCUT2D eigenvalue weighted by atomic mass is 16.6. The Labute approximate surface area is 146 Å². The molecule has 1 atom stereocenters. The Balaban J connectivity index is 1.39. The molecule has 2 fully saturated rings. The molecule has 2 saturated heterocycles. The molecule has 4 rings (SSSR count). The van der Waals surface area contributed by atoms with Crippen molar-refractivity contribution in [2.45, 2.75) is 32.7 Å². The molecular formula is C18H22N4O3. The van der Waals surface area contributed by atoms with Crippen LogP contribution in [-0.2, 0) is 16.0 Å². The van der Waals surface area contributed by atoms with Crippen LogP contribution in [0.15, 0.2) is 12.1 Å². The SMILES string of the molecule is Cc1ccc2[nH]c(CCC(=O)N3CCN4C(=O)OC[C@@H]4C3)nc2c1C. The zero-order valence-electron chi connectivity index (χ0n) is 14.5. The maximum absolute atomic E-state index is 12.5. The van der Waals surface area contributed by atoms with E-state index in [0.717, 1.165) is 16.9 Å². The molecule has 2 aliphatic heterocycles. The molecule has 2 aromatic rings. The summed E-state index contributed by atoms with van der Waals surface area (Å²) in [5.74, 6) is 0.947. The molecule has 0 aliphatic carbocycles. The number of H-pyrrole nitrogens is 1. The van der Waals surface area contributed by atoms with E-state index >= 15 is 0 Å². The van der Waals surface area contributed by atoms with Crippen molar-refractivity contribution >= 4 is 23.0 Å². The van der Waals surface area contributed by atoms with Gasteiger partial charge in [0.25, 0.3) is 0 Å². The van der Waals surface area contributed by atoms with Gasteiger partial charge in [0.1, 0.15) is 12.4 Å². The number of aromatic nitrogens is 2. The fourth-order valence-corrected chi connectivity index (χ4v) is 3.58. The Morgan fingerprint density at radius 1 is 1.36 bits per heavy atom. The number of cyclic esters (lactones) is 1. The number of aromatic amines is 1. The Hall–Kier alpha value is -2.57. The maximum Gasteiger partial charge on any atom is 0.410 e. The molecule has 0 bridgehead atoms. The third kappa shape index (κ3) is 2.83. The molecule has 3 heterocycles. The lowest BCUT2D eigenvalue weighted by Gasteiger charge is -2.35. The van der Waals surface area contributed by atoms with Crippen molar-refractivity contribution in [3.63, 3.8) is 0 Å². The summed E-state index contributed by atoms with van der Waals surface area (Å²) in [4.78, 5) is 35.6. The summed E-state index contributed by atoms with van der Waals surface area (Å²) in [7, 11) is 0. The Bertz CT molecular complexity index is 844. The zero-order chi connectivity index (χ0) is 17.6. The quantitative estimate of drug-likeness (QED) is 0.922. The van der Waals surface area contributed by atoms with Crippen molar-refractivity contribution in [1.82, 2.24) is 19.8 Å². The van der Waals surface area contributed by atoms with Crippen LogP contribution >= 0.6 is 0 Å². The average Bonchev–Trinajstić information content (AvgIpc) is 3.20. The van der Waals surface area contributed by atoms with Gasteiger partial charge in [-0.15, -0.1) is 0 Å².